The Balaban J connectivity index is 1.83. The highest BCUT2D eigenvalue weighted by Crippen LogP contribution is 2.29. The van der Waals surface area contributed by atoms with Crippen molar-refractivity contribution < 1.29 is 13.2 Å². The van der Waals surface area contributed by atoms with Crippen LogP contribution in [0.2, 0.25) is 0 Å². The minimum absolute atomic E-state index is 0.198. The molecule has 124 valence electrons. The molecule has 1 aromatic heterocycles. The summed E-state index contributed by atoms with van der Waals surface area (Å²) in [7, 11) is 0. The average molecular weight is 340 g/mol. The van der Waals surface area contributed by atoms with Gasteiger partial charge in [-0.3, -0.25) is 5.10 Å². The van der Waals surface area contributed by atoms with E-state index in [0.29, 0.717) is 11.3 Å². The molecule has 0 aliphatic heterocycles. The number of halogens is 3. The predicted octanol–water partition coefficient (Wildman–Crippen LogP) is 4.53. The summed E-state index contributed by atoms with van der Waals surface area (Å²) in [5.74, 6) is 0. The minimum atomic E-state index is -4.34. The second-order valence-electron chi connectivity index (χ2n) is 5.23. The van der Waals surface area contributed by atoms with Gasteiger partial charge in [0, 0.05) is 5.56 Å². The van der Waals surface area contributed by atoms with Crippen molar-refractivity contribution in [3.8, 4) is 17.3 Å². The van der Waals surface area contributed by atoms with Gasteiger partial charge in [-0.05, 0) is 29.3 Å². The fourth-order valence-electron chi connectivity index (χ4n) is 2.28. The van der Waals surface area contributed by atoms with Crippen molar-refractivity contribution in [1.82, 2.24) is 15.4 Å². The summed E-state index contributed by atoms with van der Waals surface area (Å²) in [6, 6.07) is 14.2. The van der Waals surface area contributed by atoms with Crippen LogP contribution in [-0.4, -0.2) is 15.4 Å². The third kappa shape index (κ3) is 3.75. The summed E-state index contributed by atoms with van der Waals surface area (Å²) in [6.45, 7) is 0. The lowest BCUT2D eigenvalue weighted by atomic mass is 10.1. The lowest BCUT2D eigenvalue weighted by Crippen LogP contribution is -2.03. The van der Waals surface area contributed by atoms with E-state index in [0.717, 1.165) is 23.3 Å². The molecule has 0 atom stereocenters. The van der Waals surface area contributed by atoms with Gasteiger partial charge in [-0.2, -0.15) is 18.4 Å². The largest absolute Gasteiger partial charge is 0.416 e. The first-order valence-corrected chi connectivity index (χ1v) is 7.24. The number of H-pyrrole nitrogens is 1. The van der Waals surface area contributed by atoms with E-state index < -0.39 is 11.7 Å². The molecular weight excluding hydrogens is 329 g/mol. The Morgan fingerprint density at radius 3 is 2.40 bits per heavy atom. The molecule has 0 saturated heterocycles. The second-order valence-corrected chi connectivity index (χ2v) is 5.23. The fraction of sp³-hybridized carbons (Fsp3) is 0.0556. The van der Waals surface area contributed by atoms with Crippen molar-refractivity contribution in [2.24, 2.45) is 0 Å². The van der Waals surface area contributed by atoms with Crippen LogP contribution in [0.4, 0.5) is 13.2 Å². The smallest absolute Gasteiger partial charge is 0.256 e. The normalized spacial score (nSPS) is 11.6. The highest BCUT2D eigenvalue weighted by atomic mass is 19.4. The molecule has 0 amide bonds. The molecule has 0 spiro atoms. The first kappa shape index (κ1) is 16.5. The fourth-order valence-corrected chi connectivity index (χ4v) is 2.28. The maximum Gasteiger partial charge on any atom is 0.416 e. The van der Waals surface area contributed by atoms with E-state index in [1.807, 2.05) is 30.3 Å². The standard InChI is InChI=1S/C18H11F3N4/c19-18(20,21)15-8-6-12(7-9-15)4-5-13-2-1-3-14(10-13)17-16(11-22)23-25-24-17/h1-10H,(H,23,24,25)/b5-4+. The Morgan fingerprint density at radius 2 is 1.72 bits per heavy atom. The highest BCUT2D eigenvalue weighted by Gasteiger charge is 2.29. The van der Waals surface area contributed by atoms with Gasteiger partial charge < -0.3 is 0 Å². The molecule has 0 aliphatic rings. The second kappa shape index (κ2) is 6.61. The number of hydrogen-bond acceptors (Lipinski definition) is 3. The van der Waals surface area contributed by atoms with Crippen LogP contribution in [0.3, 0.4) is 0 Å². The summed E-state index contributed by atoms with van der Waals surface area (Å²) < 4.78 is 37.7. The zero-order valence-electron chi connectivity index (χ0n) is 12.7. The number of nitriles is 1. The van der Waals surface area contributed by atoms with Gasteiger partial charge in [-0.15, -0.1) is 5.10 Å². The molecule has 0 saturated carbocycles. The molecule has 1 N–H and O–H groups in total. The molecule has 0 fully saturated rings. The van der Waals surface area contributed by atoms with Crippen molar-refractivity contribution in [3.63, 3.8) is 0 Å². The maximum atomic E-state index is 12.6. The van der Waals surface area contributed by atoms with Gasteiger partial charge in [0.25, 0.3) is 0 Å². The molecule has 4 nitrogen and oxygen atoms in total. The topological polar surface area (TPSA) is 65.4 Å². The van der Waals surface area contributed by atoms with E-state index in [1.165, 1.54) is 12.1 Å². The van der Waals surface area contributed by atoms with E-state index in [1.54, 1.807) is 12.2 Å². The van der Waals surface area contributed by atoms with E-state index in [4.69, 9.17) is 5.26 Å². The lowest BCUT2D eigenvalue weighted by molar-refractivity contribution is -0.137. The molecule has 3 rings (SSSR count). The van der Waals surface area contributed by atoms with Crippen molar-refractivity contribution in [2.45, 2.75) is 6.18 Å². The predicted molar refractivity (Wildman–Crippen MR) is 86.9 cm³/mol. The van der Waals surface area contributed by atoms with Crippen LogP contribution in [0.25, 0.3) is 23.4 Å². The number of alkyl halides is 3. The van der Waals surface area contributed by atoms with E-state index in [-0.39, 0.29) is 5.69 Å². The van der Waals surface area contributed by atoms with Crippen LogP contribution in [0.5, 0.6) is 0 Å². The first-order valence-electron chi connectivity index (χ1n) is 7.24. The summed E-state index contributed by atoms with van der Waals surface area (Å²) in [4.78, 5) is 0. The van der Waals surface area contributed by atoms with E-state index >= 15 is 0 Å². The van der Waals surface area contributed by atoms with Gasteiger partial charge in [0.1, 0.15) is 11.8 Å². The van der Waals surface area contributed by atoms with Crippen molar-refractivity contribution in [3.05, 3.63) is 70.9 Å². The van der Waals surface area contributed by atoms with Crippen LogP contribution in [-0.2, 0) is 6.18 Å². The number of nitrogens with zero attached hydrogens (tertiary/aromatic N) is 3. The van der Waals surface area contributed by atoms with Crippen LogP contribution in [0, 0.1) is 11.3 Å². The maximum absolute atomic E-state index is 12.6. The Bertz CT molecular complexity index is 947. The number of rotatable bonds is 3. The molecule has 0 unspecified atom stereocenters. The van der Waals surface area contributed by atoms with Gasteiger partial charge in [0.2, 0.25) is 0 Å². The molecule has 0 bridgehead atoms. The molecule has 25 heavy (non-hydrogen) atoms. The molecule has 7 heteroatoms. The summed E-state index contributed by atoms with van der Waals surface area (Å²) in [5, 5.41) is 19.0. The number of aromatic amines is 1. The van der Waals surface area contributed by atoms with Crippen LogP contribution < -0.4 is 0 Å². The molecular formula is C18H11F3N4. The Morgan fingerprint density at radius 1 is 1.00 bits per heavy atom. The molecule has 3 aromatic rings. The van der Waals surface area contributed by atoms with Crippen LogP contribution in [0.1, 0.15) is 22.4 Å². The Labute approximate surface area is 141 Å². The van der Waals surface area contributed by atoms with Gasteiger partial charge in [-0.1, -0.05) is 47.7 Å². The summed E-state index contributed by atoms with van der Waals surface area (Å²) in [6.07, 6.45) is -0.843. The van der Waals surface area contributed by atoms with Crippen molar-refractivity contribution in [2.75, 3.05) is 0 Å². The lowest BCUT2D eigenvalue weighted by Gasteiger charge is -2.06. The monoisotopic (exact) mass is 340 g/mol. The average Bonchev–Trinajstić information content (AvgIpc) is 3.08. The van der Waals surface area contributed by atoms with Crippen molar-refractivity contribution >= 4 is 12.2 Å². The molecule has 1 heterocycles. The SMILES string of the molecule is N#Cc1nn[nH]c1-c1cccc(/C=C/c2ccc(C(F)(F)F)cc2)c1. The number of nitrogens with one attached hydrogen (secondary N) is 1. The Kier molecular flexibility index (Phi) is 4.35. The van der Waals surface area contributed by atoms with Crippen LogP contribution in [0.15, 0.2) is 48.5 Å². The number of hydrogen-bond donors (Lipinski definition) is 1. The van der Waals surface area contributed by atoms with E-state index in [9.17, 15) is 13.2 Å². The quantitative estimate of drug-likeness (QED) is 0.712. The molecule has 2 aromatic carbocycles. The van der Waals surface area contributed by atoms with E-state index in [2.05, 4.69) is 15.4 Å². The highest BCUT2D eigenvalue weighted by molar-refractivity contribution is 5.73. The zero-order valence-corrected chi connectivity index (χ0v) is 12.7. The van der Waals surface area contributed by atoms with Gasteiger partial charge in [0.15, 0.2) is 5.69 Å². The van der Waals surface area contributed by atoms with Crippen molar-refractivity contribution in [1.29, 1.82) is 5.26 Å². The summed E-state index contributed by atoms with van der Waals surface area (Å²) >= 11 is 0. The summed E-state index contributed by atoms with van der Waals surface area (Å²) in [5.41, 5.74) is 2.27. The third-order valence-electron chi connectivity index (χ3n) is 3.54. The Hall–Kier alpha value is -3.40. The zero-order chi connectivity index (χ0) is 17.9. The van der Waals surface area contributed by atoms with Gasteiger partial charge in [-0.25, -0.2) is 0 Å². The third-order valence-corrected chi connectivity index (χ3v) is 3.54. The number of aromatic nitrogens is 3. The van der Waals surface area contributed by atoms with Crippen LogP contribution >= 0.6 is 0 Å². The van der Waals surface area contributed by atoms with Gasteiger partial charge >= 0.3 is 6.18 Å². The number of benzene rings is 2. The van der Waals surface area contributed by atoms with Gasteiger partial charge in [0.05, 0.1) is 5.56 Å². The minimum Gasteiger partial charge on any atom is -0.256 e. The molecule has 0 radical (unpaired) electrons. The molecule has 0 aliphatic carbocycles. The first-order chi connectivity index (χ1) is 12.0.